The molecule has 0 amide bonds. The highest BCUT2D eigenvalue weighted by molar-refractivity contribution is 7.00. The van der Waals surface area contributed by atoms with Gasteiger partial charge in [-0.2, -0.15) is 0 Å². The summed E-state index contributed by atoms with van der Waals surface area (Å²) in [4.78, 5) is 5.29. The van der Waals surface area contributed by atoms with Gasteiger partial charge in [0.05, 0.1) is 17.0 Å². The summed E-state index contributed by atoms with van der Waals surface area (Å²) in [7, 11) is 0. The van der Waals surface area contributed by atoms with E-state index in [-0.39, 0.29) is 44.6 Å². The summed E-state index contributed by atoms with van der Waals surface area (Å²) in [6.07, 6.45) is 4.63. The summed E-state index contributed by atoms with van der Waals surface area (Å²) >= 11 is 0. The highest BCUT2D eigenvalue weighted by Gasteiger charge is 2.49. The van der Waals surface area contributed by atoms with Gasteiger partial charge in [-0.25, -0.2) is 0 Å². The zero-order valence-electron chi connectivity index (χ0n) is 48.9. The SMILES string of the molecule is CC(C)(C)c1ccc(N2c3cc(-c4ccc5c(c4)C(C)(C)CCC5(C)C)cc4c3B(c3cc(C(C)(C)C)ccc3N4c3cc4c(cc3-c3ccccc3)C(C)(C)CCC4(C)C)c3oc4ccc(C(C)(C)C)cc4c32)cc1. The van der Waals surface area contributed by atoms with Crippen molar-refractivity contribution in [3.05, 3.63) is 172 Å². The fourth-order valence-electron chi connectivity index (χ4n) is 13.6. The molecule has 3 nitrogen and oxygen atoms in total. The van der Waals surface area contributed by atoms with Crippen LogP contribution in [-0.2, 0) is 37.9 Å². The largest absolute Gasteiger partial charge is 0.468 e. The number of benzene rings is 7. The van der Waals surface area contributed by atoms with Crippen molar-refractivity contribution in [3.63, 3.8) is 0 Å². The van der Waals surface area contributed by atoms with Gasteiger partial charge in [0.2, 0.25) is 0 Å². The molecule has 3 heterocycles. The number of furan rings is 1. The third-order valence-corrected chi connectivity index (χ3v) is 18.9. The lowest BCUT2D eigenvalue weighted by Crippen LogP contribution is -2.61. The standard InChI is InChI=1S/C72H81BN2O/c1-66(2,3)47-24-28-50(29-25-47)74-60-38-46(45-23-30-53-54(37-45)70(12,13)34-33-69(53,10)11)39-61-63(60)73(65-64(74)52-40-48(67(4,5)6)27-32-62(52)76-65)57-41-49(68(7,8)9)26-31-58(57)75(61)59-43-56-55(71(14,15)35-36-72(56,16)17)42-51(59)44-21-19-18-20-22-44/h18-32,37-43H,33-36H2,1-17H3. The molecule has 0 N–H and O–H groups in total. The lowest BCUT2D eigenvalue weighted by atomic mass is 9.35. The van der Waals surface area contributed by atoms with E-state index in [4.69, 9.17) is 4.42 Å². The summed E-state index contributed by atoms with van der Waals surface area (Å²) in [5.41, 5.74) is 26.4. The van der Waals surface area contributed by atoms with E-state index in [9.17, 15) is 0 Å². The maximum atomic E-state index is 7.54. The van der Waals surface area contributed by atoms with Gasteiger partial charge in [-0.3, -0.25) is 0 Å². The van der Waals surface area contributed by atoms with Crippen LogP contribution in [-0.4, -0.2) is 6.71 Å². The Morgan fingerprint density at radius 3 is 1.55 bits per heavy atom. The van der Waals surface area contributed by atoms with Crippen molar-refractivity contribution in [2.24, 2.45) is 0 Å². The predicted octanol–water partition coefficient (Wildman–Crippen LogP) is 18.4. The first-order chi connectivity index (χ1) is 35.5. The lowest BCUT2D eigenvalue weighted by molar-refractivity contribution is 0.332. The summed E-state index contributed by atoms with van der Waals surface area (Å²) in [6, 6.07) is 52.8. The van der Waals surface area contributed by atoms with Gasteiger partial charge in [-0.15, -0.1) is 0 Å². The molecule has 2 aliphatic heterocycles. The minimum Gasteiger partial charge on any atom is -0.468 e. The van der Waals surface area contributed by atoms with Gasteiger partial charge in [-0.05, 0) is 185 Å². The Morgan fingerprint density at radius 1 is 0.421 bits per heavy atom. The van der Waals surface area contributed by atoms with Crippen molar-refractivity contribution in [2.45, 2.75) is 181 Å². The van der Waals surface area contributed by atoms with Crippen molar-refractivity contribution in [3.8, 4) is 22.3 Å². The monoisotopic (exact) mass is 1000 g/mol. The first kappa shape index (κ1) is 50.6. The Morgan fingerprint density at radius 2 is 0.947 bits per heavy atom. The number of hydrogen-bond donors (Lipinski definition) is 0. The van der Waals surface area contributed by atoms with Gasteiger partial charge >= 0.3 is 0 Å². The van der Waals surface area contributed by atoms with E-state index in [0.717, 1.165) is 47.3 Å². The zero-order chi connectivity index (χ0) is 54.0. The number of nitrogens with zero attached hydrogens (tertiary/aromatic N) is 2. The summed E-state index contributed by atoms with van der Waals surface area (Å²) < 4.78 is 7.54. The van der Waals surface area contributed by atoms with E-state index in [2.05, 4.69) is 261 Å². The molecular weight excluding hydrogens is 920 g/mol. The Balaban J connectivity index is 1.26. The van der Waals surface area contributed by atoms with Crippen molar-refractivity contribution < 1.29 is 4.42 Å². The van der Waals surface area contributed by atoms with Gasteiger partial charge in [-0.1, -0.05) is 197 Å². The van der Waals surface area contributed by atoms with E-state index in [1.54, 1.807) is 0 Å². The molecule has 76 heavy (non-hydrogen) atoms. The topological polar surface area (TPSA) is 19.6 Å². The molecule has 1 aromatic heterocycles. The molecule has 388 valence electrons. The van der Waals surface area contributed by atoms with Crippen LogP contribution in [0.3, 0.4) is 0 Å². The fraction of sp³-hybridized carbons (Fsp3) is 0.389. The molecule has 4 aliphatic rings. The Bertz CT molecular complexity index is 3650. The summed E-state index contributed by atoms with van der Waals surface area (Å²) in [5.74, 6) is 0. The second-order valence-corrected chi connectivity index (χ2v) is 29.2. The molecule has 0 saturated carbocycles. The molecule has 12 rings (SSSR count). The van der Waals surface area contributed by atoms with Gasteiger partial charge < -0.3 is 14.2 Å². The molecule has 0 atom stereocenters. The smallest absolute Gasteiger partial charge is 0.297 e. The molecule has 0 saturated heterocycles. The van der Waals surface area contributed by atoms with Crippen molar-refractivity contribution in [1.82, 2.24) is 0 Å². The Kier molecular flexibility index (Phi) is 11.1. The quantitative estimate of drug-likeness (QED) is 0.164. The van der Waals surface area contributed by atoms with Crippen LogP contribution in [0.4, 0.5) is 34.1 Å². The Labute approximate surface area is 456 Å². The van der Waals surface area contributed by atoms with Gasteiger partial charge in [0.1, 0.15) is 5.58 Å². The molecule has 8 aromatic rings. The highest BCUT2D eigenvalue weighted by Crippen LogP contribution is 2.55. The molecule has 0 spiro atoms. The van der Waals surface area contributed by atoms with Crippen molar-refractivity contribution in [1.29, 1.82) is 0 Å². The minimum absolute atomic E-state index is 0.00140. The first-order valence-corrected chi connectivity index (χ1v) is 28.5. The molecule has 0 bridgehead atoms. The number of rotatable bonds is 4. The van der Waals surface area contributed by atoms with Gasteiger partial charge in [0.25, 0.3) is 6.71 Å². The average Bonchev–Trinajstić information content (AvgIpc) is 3.88. The Hall–Kier alpha value is -6.26. The second-order valence-electron chi connectivity index (χ2n) is 29.2. The number of anilines is 6. The molecule has 7 aromatic carbocycles. The van der Waals surface area contributed by atoms with Crippen LogP contribution in [0.1, 0.15) is 182 Å². The second kappa shape index (κ2) is 16.6. The summed E-state index contributed by atoms with van der Waals surface area (Å²) in [6.45, 7) is 40.5. The predicted molar refractivity (Wildman–Crippen MR) is 328 cm³/mol. The lowest BCUT2D eigenvalue weighted by Gasteiger charge is -2.46. The highest BCUT2D eigenvalue weighted by atomic mass is 16.3. The zero-order valence-corrected chi connectivity index (χ0v) is 48.9. The molecule has 2 aliphatic carbocycles. The van der Waals surface area contributed by atoms with Crippen LogP contribution in [0.25, 0.3) is 33.2 Å². The number of fused-ring (bicyclic) bond motifs is 8. The molecule has 4 heteroatoms. The third-order valence-electron chi connectivity index (χ3n) is 18.9. The normalized spacial score (nSPS) is 17.9. The minimum atomic E-state index is -0.186. The van der Waals surface area contributed by atoms with Gasteiger partial charge in [0.15, 0.2) is 0 Å². The average molecular weight is 1000 g/mol. The number of hydrogen-bond acceptors (Lipinski definition) is 3. The van der Waals surface area contributed by atoms with E-state index in [1.807, 2.05) is 0 Å². The van der Waals surface area contributed by atoms with Crippen LogP contribution in [0.2, 0.25) is 0 Å². The molecule has 0 unspecified atom stereocenters. The van der Waals surface area contributed by atoms with E-state index in [1.165, 1.54) is 101 Å². The maximum absolute atomic E-state index is 7.54. The van der Waals surface area contributed by atoms with E-state index in [0.29, 0.717) is 0 Å². The van der Waals surface area contributed by atoms with Crippen molar-refractivity contribution in [2.75, 3.05) is 9.80 Å². The maximum Gasteiger partial charge on any atom is 0.297 e. The van der Waals surface area contributed by atoms with Crippen LogP contribution in [0.5, 0.6) is 0 Å². The molecule has 0 radical (unpaired) electrons. The van der Waals surface area contributed by atoms with Crippen molar-refractivity contribution >= 4 is 68.4 Å². The van der Waals surface area contributed by atoms with Crippen LogP contribution < -0.4 is 26.4 Å². The van der Waals surface area contributed by atoms with Crippen LogP contribution in [0.15, 0.2) is 138 Å². The molecular formula is C72H81BN2O. The summed E-state index contributed by atoms with van der Waals surface area (Å²) in [5, 5.41) is 1.15. The van der Waals surface area contributed by atoms with Crippen LogP contribution >= 0.6 is 0 Å². The van der Waals surface area contributed by atoms with E-state index >= 15 is 0 Å². The first-order valence-electron chi connectivity index (χ1n) is 28.5. The van der Waals surface area contributed by atoms with Gasteiger partial charge in [0, 0.05) is 33.7 Å². The molecule has 0 fully saturated rings. The third kappa shape index (κ3) is 7.96. The van der Waals surface area contributed by atoms with Crippen LogP contribution in [0, 0.1) is 0 Å². The fourth-order valence-corrected chi connectivity index (χ4v) is 13.6. The van der Waals surface area contributed by atoms with E-state index < -0.39 is 0 Å².